The Morgan fingerprint density at radius 3 is 2.57 bits per heavy atom. The van der Waals surface area contributed by atoms with Gasteiger partial charge in [-0.25, -0.2) is 5.01 Å². The maximum atomic E-state index is 6.53. The summed E-state index contributed by atoms with van der Waals surface area (Å²) in [5, 5.41) is 8.09. The summed E-state index contributed by atoms with van der Waals surface area (Å²) < 4.78 is 12.0. The smallest absolute Gasteiger partial charge is 0.213 e. The molecular formula is C24H20Cl2N2O2. The summed E-state index contributed by atoms with van der Waals surface area (Å²) in [4.78, 5) is 0. The lowest BCUT2D eigenvalue weighted by Crippen LogP contribution is -2.33. The van der Waals surface area contributed by atoms with Gasteiger partial charge >= 0.3 is 0 Å². The monoisotopic (exact) mass is 438 g/mol. The molecule has 0 N–H and O–H groups in total. The first kappa shape index (κ1) is 19.3. The van der Waals surface area contributed by atoms with E-state index in [-0.39, 0.29) is 6.04 Å². The molecule has 3 aromatic carbocycles. The molecule has 2 aliphatic heterocycles. The van der Waals surface area contributed by atoms with E-state index in [9.17, 15) is 0 Å². The molecule has 0 aromatic heterocycles. The number of nitrogens with zero attached hydrogens (tertiary/aromatic N) is 2. The van der Waals surface area contributed by atoms with Crippen LogP contribution in [-0.2, 0) is 0 Å². The van der Waals surface area contributed by atoms with Crippen molar-refractivity contribution in [3.8, 4) is 11.5 Å². The van der Waals surface area contributed by atoms with Crippen molar-refractivity contribution in [3.05, 3.63) is 93.5 Å². The summed E-state index contributed by atoms with van der Waals surface area (Å²) in [5.74, 6) is 1.50. The second kappa shape index (κ2) is 7.86. The largest absolute Gasteiger partial charge is 0.494 e. The van der Waals surface area contributed by atoms with Crippen LogP contribution in [-0.4, -0.2) is 17.3 Å². The third-order valence-electron chi connectivity index (χ3n) is 5.39. The van der Waals surface area contributed by atoms with Gasteiger partial charge in [-0.1, -0.05) is 53.5 Å². The molecule has 0 saturated carbocycles. The highest BCUT2D eigenvalue weighted by Crippen LogP contribution is 2.50. The van der Waals surface area contributed by atoms with Gasteiger partial charge in [0.1, 0.15) is 11.5 Å². The van der Waals surface area contributed by atoms with Crippen molar-refractivity contribution < 1.29 is 9.47 Å². The number of hydrogen-bond acceptors (Lipinski definition) is 4. The first-order valence-electron chi connectivity index (χ1n) is 9.93. The molecule has 0 bridgehead atoms. The minimum absolute atomic E-state index is 0.00303. The van der Waals surface area contributed by atoms with Gasteiger partial charge in [-0.2, -0.15) is 5.10 Å². The van der Waals surface area contributed by atoms with Gasteiger partial charge < -0.3 is 9.47 Å². The maximum Gasteiger partial charge on any atom is 0.213 e. The molecule has 2 heterocycles. The van der Waals surface area contributed by atoms with Crippen molar-refractivity contribution in [3.63, 3.8) is 0 Å². The number of ether oxygens (including phenoxy) is 2. The zero-order valence-corrected chi connectivity index (χ0v) is 17.9. The Morgan fingerprint density at radius 2 is 1.83 bits per heavy atom. The predicted octanol–water partition coefficient (Wildman–Crippen LogP) is 6.63. The van der Waals surface area contributed by atoms with Crippen molar-refractivity contribution in [2.45, 2.75) is 25.6 Å². The Kier molecular flexibility index (Phi) is 5.05. The highest BCUT2D eigenvalue weighted by Gasteiger charge is 2.42. The number of benzene rings is 3. The van der Waals surface area contributed by atoms with Crippen LogP contribution in [0.15, 0.2) is 71.8 Å². The zero-order valence-electron chi connectivity index (χ0n) is 16.4. The van der Waals surface area contributed by atoms with E-state index in [4.69, 9.17) is 37.8 Å². The molecule has 4 nitrogen and oxygen atoms in total. The lowest BCUT2D eigenvalue weighted by molar-refractivity contribution is -0.0189. The van der Waals surface area contributed by atoms with Crippen molar-refractivity contribution in [2.24, 2.45) is 5.10 Å². The van der Waals surface area contributed by atoms with Crippen molar-refractivity contribution >= 4 is 28.9 Å². The number of rotatable bonds is 4. The van der Waals surface area contributed by atoms with E-state index < -0.39 is 6.23 Å². The summed E-state index contributed by atoms with van der Waals surface area (Å²) in [6, 6.07) is 21.8. The summed E-state index contributed by atoms with van der Waals surface area (Å²) in [6.45, 7) is 2.60. The fraction of sp³-hybridized carbons (Fsp3) is 0.208. The summed E-state index contributed by atoms with van der Waals surface area (Å²) in [5.41, 5.74) is 4.07. The van der Waals surface area contributed by atoms with E-state index in [2.05, 4.69) is 12.1 Å². The van der Waals surface area contributed by atoms with Crippen molar-refractivity contribution in [2.75, 3.05) is 6.61 Å². The summed E-state index contributed by atoms with van der Waals surface area (Å²) in [7, 11) is 0. The van der Waals surface area contributed by atoms with Crippen LogP contribution in [0.5, 0.6) is 11.5 Å². The molecule has 5 rings (SSSR count). The standard InChI is InChI=1S/C24H20Cl2N2O2/c1-2-29-18-10-8-16(9-11-18)24-28-22(14-21(27-28)15-6-4-3-5-7-15)19-12-17(25)13-20(26)23(19)30-24/h3-13,22,24H,2,14H2,1H3/t22-,24-/m1/s1. The molecule has 152 valence electrons. The molecule has 0 aliphatic carbocycles. The van der Waals surface area contributed by atoms with Crippen LogP contribution in [0.2, 0.25) is 10.0 Å². The van der Waals surface area contributed by atoms with Gasteiger partial charge in [-0.05, 0) is 48.9 Å². The quantitative estimate of drug-likeness (QED) is 0.457. The Bertz CT molecular complexity index is 1100. The van der Waals surface area contributed by atoms with E-state index in [1.807, 2.05) is 60.5 Å². The molecule has 0 amide bonds. The van der Waals surface area contributed by atoms with Gasteiger partial charge in [0.15, 0.2) is 0 Å². The summed E-state index contributed by atoms with van der Waals surface area (Å²) >= 11 is 12.8. The zero-order chi connectivity index (χ0) is 20.7. The van der Waals surface area contributed by atoms with Crippen LogP contribution in [0.1, 0.15) is 42.3 Å². The average Bonchev–Trinajstić information content (AvgIpc) is 3.21. The minimum atomic E-state index is -0.391. The molecule has 6 heteroatoms. The highest BCUT2D eigenvalue weighted by atomic mass is 35.5. The first-order valence-corrected chi connectivity index (χ1v) is 10.7. The van der Waals surface area contributed by atoms with Crippen LogP contribution < -0.4 is 9.47 Å². The third-order valence-corrected chi connectivity index (χ3v) is 5.89. The molecule has 2 aliphatic rings. The fourth-order valence-corrected chi connectivity index (χ4v) is 4.59. The van der Waals surface area contributed by atoms with E-state index in [1.54, 1.807) is 6.07 Å². The first-order chi connectivity index (χ1) is 14.6. The van der Waals surface area contributed by atoms with Crippen LogP contribution >= 0.6 is 23.2 Å². The van der Waals surface area contributed by atoms with Gasteiger partial charge in [-0.3, -0.25) is 0 Å². The molecule has 2 atom stereocenters. The SMILES string of the molecule is CCOc1ccc([C@H]2Oc3c(Cl)cc(Cl)cc3[C@H]3CC(c4ccccc4)=NN32)cc1. The van der Waals surface area contributed by atoms with Crippen molar-refractivity contribution in [1.82, 2.24) is 5.01 Å². The molecule has 0 unspecified atom stereocenters. The van der Waals surface area contributed by atoms with Gasteiger partial charge in [-0.15, -0.1) is 0 Å². The highest BCUT2D eigenvalue weighted by molar-refractivity contribution is 6.35. The van der Waals surface area contributed by atoms with E-state index in [0.29, 0.717) is 22.4 Å². The Morgan fingerprint density at radius 1 is 1.07 bits per heavy atom. The number of fused-ring (bicyclic) bond motifs is 3. The van der Waals surface area contributed by atoms with E-state index in [0.717, 1.165) is 34.6 Å². The van der Waals surface area contributed by atoms with Crippen LogP contribution in [0.4, 0.5) is 0 Å². The molecular weight excluding hydrogens is 419 g/mol. The Labute approximate surface area is 185 Å². The summed E-state index contributed by atoms with van der Waals surface area (Å²) in [6.07, 6.45) is 0.364. The predicted molar refractivity (Wildman–Crippen MR) is 120 cm³/mol. The maximum absolute atomic E-state index is 6.53. The Balaban J connectivity index is 1.58. The molecule has 0 spiro atoms. The van der Waals surface area contributed by atoms with Gasteiger partial charge in [0.25, 0.3) is 0 Å². The number of hydrazone groups is 1. The minimum Gasteiger partial charge on any atom is -0.494 e. The normalized spacial score (nSPS) is 19.6. The number of halogens is 2. The molecule has 3 aromatic rings. The lowest BCUT2D eigenvalue weighted by atomic mass is 9.96. The van der Waals surface area contributed by atoms with Crippen LogP contribution in [0.3, 0.4) is 0 Å². The van der Waals surface area contributed by atoms with Crippen LogP contribution in [0.25, 0.3) is 0 Å². The number of hydrogen-bond donors (Lipinski definition) is 0. The van der Waals surface area contributed by atoms with Gasteiger partial charge in [0.05, 0.1) is 23.4 Å². The fourth-order valence-electron chi connectivity index (χ4n) is 4.03. The van der Waals surface area contributed by atoms with Crippen molar-refractivity contribution in [1.29, 1.82) is 0 Å². The van der Waals surface area contributed by atoms with Gasteiger partial charge in [0.2, 0.25) is 6.23 Å². The van der Waals surface area contributed by atoms with E-state index >= 15 is 0 Å². The Hall–Kier alpha value is -2.69. The molecule has 0 fully saturated rings. The molecule has 30 heavy (non-hydrogen) atoms. The average molecular weight is 439 g/mol. The second-order valence-electron chi connectivity index (χ2n) is 7.29. The molecule has 0 radical (unpaired) electrons. The topological polar surface area (TPSA) is 34.1 Å². The van der Waals surface area contributed by atoms with Gasteiger partial charge in [0, 0.05) is 22.6 Å². The lowest BCUT2D eigenvalue weighted by Gasteiger charge is -2.38. The third kappa shape index (κ3) is 3.40. The van der Waals surface area contributed by atoms with Crippen LogP contribution in [0, 0.1) is 0 Å². The van der Waals surface area contributed by atoms with E-state index in [1.165, 1.54) is 0 Å². The second-order valence-corrected chi connectivity index (χ2v) is 8.13. The molecule has 0 saturated heterocycles.